The molecule has 0 aromatic carbocycles. The van der Waals surface area contributed by atoms with Crippen molar-refractivity contribution in [1.29, 1.82) is 0 Å². The van der Waals surface area contributed by atoms with Gasteiger partial charge < -0.3 is 10.4 Å². The Hall–Kier alpha value is -0.570. The molecule has 0 heterocycles. The van der Waals surface area contributed by atoms with Crippen LogP contribution in [0.2, 0.25) is 0 Å². The standard InChI is InChI=1S/C11H23NO2/c1-7(2)9(5)10(13)6-11(14)12-8(3)4/h7-10,13H,6H2,1-5H3,(H,12,14). The van der Waals surface area contributed by atoms with E-state index in [9.17, 15) is 9.90 Å². The van der Waals surface area contributed by atoms with Gasteiger partial charge in [0.15, 0.2) is 0 Å². The van der Waals surface area contributed by atoms with Crippen LogP contribution < -0.4 is 5.32 Å². The van der Waals surface area contributed by atoms with Crippen LogP contribution in [0.5, 0.6) is 0 Å². The van der Waals surface area contributed by atoms with Crippen LogP contribution in [0.25, 0.3) is 0 Å². The quantitative estimate of drug-likeness (QED) is 0.709. The lowest BCUT2D eigenvalue weighted by molar-refractivity contribution is -0.124. The summed E-state index contributed by atoms with van der Waals surface area (Å²) in [6.07, 6.45) is -0.328. The number of rotatable bonds is 5. The zero-order chi connectivity index (χ0) is 11.3. The highest BCUT2D eigenvalue weighted by Gasteiger charge is 2.20. The van der Waals surface area contributed by atoms with Gasteiger partial charge in [-0.15, -0.1) is 0 Å². The SMILES string of the molecule is CC(C)NC(=O)CC(O)C(C)C(C)C. The largest absolute Gasteiger partial charge is 0.392 e. The van der Waals surface area contributed by atoms with Gasteiger partial charge in [-0.1, -0.05) is 20.8 Å². The summed E-state index contributed by atoms with van der Waals surface area (Å²) < 4.78 is 0. The molecule has 0 radical (unpaired) electrons. The predicted octanol–water partition coefficient (Wildman–Crippen LogP) is 1.55. The maximum Gasteiger partial charge on any atom is 0.222 e. The lowest BCUT2D eigenvalue weighted by atomic mass is 9.90. The fraction of sp³-hybridized carbons (Fsp3) is 0.909. The molecule has 2 atom stereocenters. The molecule has 0 aliphatic heterocycles. The molecule has 0 saturated carbocycles. The van der Waals surface area contributed by atoms with Crippen molar-refractivity contribution in [3.05, 3.63) is 0 Å². The molecule has 0 aromatic heterocycles. The number of amides is 1. The van der Waals surface area contributed by atoms with Crippen LogP contribution in [-0.4, -0.2) is 23.2 Å². The Kier molecular flexibility index (Phi) is 5.77. The van der Waals surface area contributed by atoms with Crippen molar-refractivity contribution in [2.75, 3.05) is 0 Å². The van der Waals surface area contributed by atoms with Crippen molar-refractivity contribution in [3.8, 4) is 0 Å². The molecule has 14 heavy (non-hydrogen) atoms. The smallest absolute Gasteiger partial charge is 0.222 e. The Balaban J connectivity index is 3.93. The molecule has 0 saturated heterocycles. The Labute approximate surface area is 86.9 Å². The highest BCUT2D eigenvalue weighted by Crippen LogP contribution is 2.16. The van der Waals surface area contributed by atoms with Gasteiger partial charge in [0.05, 0.1) is 12.5 Å². The average Bonchev–Trinajstić information content (AvgIpc) is 2.00. The molecule has 84 valence electrons. The van der Waals surface area contributed by atoms with Gasteiger partial charge in [0.1, 0.15) is 0 Å². The zero-order valence-corrected chi connectivity index (χ0v) is 9.87. The van der Waals surface area contributed by atoms with Crippen LogP contribution in [0.15, 0.2) is 0 Å². The molecule has 2 unspecified atom stereocenters. The molecule has 0 aliphatic rings. The first-order valence-corrected chi connectivity index (χ1v) is 5.32. The van der Waals surface area contributed by atoms with Crippen molar-refractivity contribution in [2.24, 2.45) is 11.8 Å². The second kappa shape index (κ2) is 6.02. The third kappa shape index (κ3) is 5.22. The zero-order valence-electron chi connectivity index (χ0n) is 9.87. The van der Waals surface area contributed by atoms with E-state index >= 15 is 0 Å². The average molecular weight is 201 g/mol. The maximum absolute atomic E-state index is 11.3. The number of aliphatic hydroxyl groups excluding tert-OH is 1. The minimum atomic E-state index is -0.534. The summed E-state index contributed by atoms with van der Waals surface area (Å²) in [6.45, 7) is 9.90. The van der Waals surface area contributed by atoms with Gasteiger partial charge >= 0.3 is 0 Å². The van der Waals surface area contributed by atoms with Crippen molar-refractivity contribution in [3.63, 3.8) is 0 Å². The first-order valence-electron chi connectivity index (χ1n) is 5.32. The molecule has 3 heteroatoms. The molecule has 0 rings (SSSR count). The van der Waals surface area contributed by atoms with Gasteiger partial charge in [-0.25, -0.2) is 0 Å². The molecular formula is C11H23NO2. The summed E-state index contributed by atoms with van der Waals surface area (Å²) in [4.78, 5) is 11.3. The molecular weight excluding hydrogens is 178 g/mol. The minimum absolute atomic E-state index is 0.0694. The van der Waals surface area contributed by atoms with E-state index in [0.29, 0.717) is 5.92 Å². The topological polar surface area (TPSA) is 49.3 Å². The molecule has 3 nitrogen and oxygen atoms in total. The molecule has 0 aromatic rings. The van der Waals surface area contributed by atoms with E-state index in [4.69, 9.17) is 0 Å². The van der Waals surface area contributed by atoms with Crippen molar-refractivity contribution in [1.82, 2.24) is 5.32 Å². The normalized spacial score (nSPS) is 15.7. The molecule has 0 fully saturated rings. The third-order valence-electron chi connectivity index (χ3n) is 2.50. The van der Waals surface area contributed by atoms with E-state index in [1.807, 2.05) is 34.6 Å². The van der Waals surface area contributed by atoms with Gasteiger partial charge in [0.2, 0.25) is 5.91 Å². The molecule has 0 spiro atoms. The summed E-state index contributed by atoms with van der Waals surface area (Å²) in [7, 11) is 0. The molecule has 2 N–H and O–H groups in total. The highest BCUT2D eigenvalue weighted by molar-refractivity contribution is 5.76. The van der Waals surface area contributed by atoms with Gasteiger partial charge in [0.25, 0.3) is 0 Å². The Bertz CT molecular complexity index is 178. The Morgan fingerprint density at radius 2 is 1.71 bits per heavy atom. The first-order chi connectivity index (χ1) is 6.34. The number of hydrogen-bond acceptors (Lipinski definition) is 2. The maximum atomic E-state index is 11.3. The van der Waals surface area contributed by atoms with Crippen LogP contribution in [0.1, 0.15) is 41.0 Å². The highest BCUT2D eigenvalue weighted by atomic mass is 16.3. The lowest BCUT2D eigenvalue weighted by Crippen LogP contribution is -2.35. The van der Waals surface area contributed by atoms with Crippen LogP contribution in [0.3, 0.4) is 0 Å². The number of hydrogen-bond donors (Lipinski definition) is 2. The number of carbonyl (C=O) groups is 1. The van der Waals surface area contributed by atoms with Crippen LogP contribution >= 0.6 is 0 Å². The fourth-order valence-corrected chi connectivity index (χ4v) is 1.20. The van der Waals surface area contributed by atoms with Crippen LogP contribution in [0.4, 0.5) is 0 Å². The van der Waals surface area contributed by atoms with Crippen molar-refractivity contribution >= 4 is 5.91 Å². The summed E-state index contributed by atoms with van der Waals surface area (Å²) in [5, 5.41) is 12.5. The van der Waals surface area contributed by atoms with Crippen molar-refractivity contribution < 1.29 is 9.90 Å². The summed E-state index contributed by atoms with van der Waals surface area (Å²) in [5.74, 6) is 0.491. The van der Waals surface area contributed by atoms with Crippen LogP contribution in [0, 0.1) is 11.8 Å². The number of aliphatic hydroxyl groups is 1. The third-order valence-corrected chi connectivity index (χ3v) is 2.50. The second-order valence-corrected chi connectivity index (χ2v) is 4.60. The monoisotopic (exact) mass is 201 g/mol. The van der Waals surface area contributed by atoms with Gasteiger partial charge in [-0.3, -0.25) is 4.79 Å². The summed E-state index contributed by atoms with van der Waals surface area (Å²) >= 11 is 0. The predicted molar refractivity (Wildman–Crippen MR) is 57.9 cm³/mol. The van der Waals surface area contributed by atoms with Gasteiger partial charge in [-0.2, -0.15) is 0 Å². The first kappa shape index (κ1) is 13.4. The minimum Gasteiger partial charge on any atom is -0.392 e. The summed E-state index contributed by atoms with van der Waals surface area (Å²) in [6, 6.07) is 0.143. The molecule has 0 aliphatic carbocycles. The number of carbonyl (C=O) groups excluding carboxylic acids is 1. The van der Waals surface area contributed by atoms with E-state index in [0.717, 1.165) is 0 Å². The molecule has 0 bridgehead atoms. The lowest BCUT2D eigenvalue weighted by Gasteiger charge is -2.22. The van der Waals surface area contributed by atoms with Crippen LogP contribution in [-0.2, 0) is 4.79 Å². The van der Waals surface area contributed by atoms with Crippen molar-refractivity contribution in [2.45, 2.75) is 53.2 Å². The second-order valence-electron chi connectivity index (χ2n) is 4.60. The molecule has 1 amide bonds. The fourth-order valence-electron chi connectivity index (χ4n) is 1.20. The van der Waals surface area contributed by atoms with E-state index in [1.165, 1.54) is 0 Å². The van der Waals surface area contributed by atoms with Gasteiger partial charge in [0, 0.05) is 6.04 Å². The Morgan fingerprint density at radius 3 is 2.07 bits per heavy atom. The Morgan fingerprint density at radius 1 is 1.21 bits per heavy atom. The number of nitrogens with one attached hydrogen (secondary N) is 1. The van der Waals surface area contributed by atoms with E-state index in [1.54, 1.807) is 0 Å². The van der Waals surface area contributed by atoms with Gasteiger partial charge in [-0.05, 0) is 25.7 Å². The summed E-state index contributed by atoms with van der Waals surface area (Å²) in [5.41, 5.74) is 0. The van der Waals surface area contributed by atoms with E-state index in [2.05, 4.69) is 5.32 Å². The van der Waals surface area contributed by atoms with E-state index < -0.39 is 6.10 Å². The van der Waals surface area contributed by atoms with E-state index in [-0.39, 0.29) is 24.3 Å².